The van der Waals surface area contributed by atoms with Crippen LogP contribution in [0, 0.1) is 0 Å². The number of hydrogen-bond acceptors (Lipinski definition) is 1. The molecule has 0 fully saturated rings. The molecular formula is C15H20BrN. The van der Waals surface area contributed by atoms with Crippen LogP contribution < -0.4 is 5.32 Å². The van der Waals surface area contributed by atoms with E-state index < -0.39 is 0 Å². The molecule has 0 amide bonds. The van der Waals surface area contributed by atoms with E-state index in [1.54, 1.807) is 0 Å². The van der Waals surface area contributed by atoms with Gasteiger partial charge in [-0.3, -0.25) is 0 Å². The maximum atomic E-state index is 3.69. The van der Waals surface area contributed by atoms with Gasteiger partial charge in [-0.25, -0.2) is 0 Å². The first kappa shape index (κ1) is 12.8. The number of allylic oxidation sites excluding steroid dienone is 2. The minimum absolute atomic E-state index is 0.240. The lowest BCUT2D eigenvalue weighted by molar-refractivity contribution is 0.397. The molecule has 0 saturated heterocycles. The second kappa shape index (κ2) is 5.36. The molecule has 2 rings (SSSR count). The molecule has 1 aromatic carbocycles. The Labute approximate surface area is 112 Å². The molecule has 92 valence electrons. The minimum Gasteiger partial charge on any atom is -0.314 e. The van der Waals surface area contributed by atoms with Crippen molar-refractivity contribution >= 4 is 15.9 Å². The Morgan fingerprint density at radius 2 is 1.88 bits per heavy atom. The number of hydrogen-bond donors (Lipinski definition) is 1. The van der Waals surface area contributed by atoms with E-state index in [9.17, 15) is 0 Å². The van der Waals surface area contributed by atoms with Crippen molar-refractivity contribution in [2.24, 2.45) is 0 Å². The molecule has 1 aliphatic rings. The van der Waals surface area contributed by atoms with Crippen LogP contribution in [0.15, 0.2) is 40.9 Å². The Hall–Kier alpha value is -0.600. The van der Waals surface area contributed by atoms with Crippen molar-refractivity contribution in [2.75, 3.05) is 6.54 Å². The van der Waals surface area contributed by atoms with Crippen molar-refractivity contribution in [3.05, 3.63) is 46.5 Å². The normalized spacial score (nSPS) is 17.9. The topological polar surface area (TPSA) is 12.0 Å². The summed E-state index contributed by atoms with van der Waals surface area (Å²) in [5, 5.41) is 3.59. The van der Waals surface area contributed by atoms with Crippen LogP contribution in [0.5, 0.6) is 0 Å². The summed E-state index contributed by atoms with van der Waals surface area (Å²) in [7, 11) is 0. The van der Waals surface area contributed by atoms with Gasteiger partial charge in [0.15, 0.2) is 0 Å². The summed E-state index contributed by atoms with van der Waals surface area (Å²) in [5.74, 6) is 0. The van der Waals surface area contributed by atoms with Crippen LogP contribution in [0.1, 0.15) is 32.3 Å². The third-order valence-electron chi connectivity index (χ3n) is 3.48. The molecule has 0 saturated carbocycles. The molecule has 2 heteroatoms. The third-order valence-corrected chi connectivity index (χ3v) is 4.17. The molecule has 0 aromatic heterocycles. The Morgan fingerprint density at radius 1 is 1.24 bits per heavy atom. The van der Waals surface area contributed by atoms with Gasteiger partial charge in [0.1, 0.15) is 0 Å². The van der Waals surface area contributed by atoms with E-state index in [0.29, 0.717) is 6.04 Å². The summed E-state index contributed by atoms with van der Waals surface area (Å²) >= 11 is 3.69. The van der Waals surface area contributed by atoms with Gasteiger partial charge in [0, 0.05) is 22.5 Å². The Kier molecular flexibility index (Phi) is 4.05. The third kappa shape index (κ3) is 2.80. The van der Waals surface area contributed by atoms with Gasteiger partial charge in [0.25, 0.3) is 0 Å². The standard InChI is InChI=1S/C15H20BrN/c1-12(2)17-11-15(9-5-6-10-15)13-7-3-4-8-14(13)16/h3-8,12,17H,9-11H2,1-2H3. The summed E-state index contributed by atoms with van der Waals surface area (Å²) in [5.41, 5.74) is 1.67. The number of benzene rings is 1. The van der Waals surface area contributed by atoms with Crippen molar-refractivity contribution in [3.8, 4) is 0 Å². The first-order valence-electron chi connectivity index (χ1n) is 6.27. The molecule has 0 spiro atoms. The van der Waals surface area contributed by atoms with E-state index in [-0.39, 0.29) is 5.41 Å². The van der Waals surface area contributed by atoms with Gasteiger partial charge < -0.3 is 5.32 Å². The van der Waals surface area contributed by atoms with E-state index in [4.69, 9.17) is 0 Å². The van der Waals surface area contributed by atoms with Gasteiger partial charge in [-0.1, -0.05) is 60.1 Å². The van der Waals surface area contributed by atoms with E-state index >= 15 is 0 Å². The SMILES string of the molecule is CC(C)NCC1(c2ccccc2Br)CC=CC1. The van der Waals surface area contributed by atoms with E-state index in [2.05, 4.69) is 71.5 Å². The van der Waals surface area contributed by atoms with Gasteiger partial charge >= 0.3 is 0 Å². The quantitative estimate of drug-likeness (QED) is 0.827. The predicted molar refractivity (Wildman–Crippen MR) is 77.3 cm³/mol. The Bertz CT molecular complexity index is 401. The van der Waals surface area contributed by atoms with Crippen molar-refractivity contribution in [1.82, 2.24) is 5.32 Å². The maximum Gasteiger partial charge on any atom is 0.0213 e. The largest absolute Gasteiger partial charge is 0.314 e. The Morgan fingerprint density at radius 3 is 2.47 bits per heavy atom. The highest BCUT2D eigenvalue weighted by molar-refractivity contribution is 9.10. The van der Waals surface area contributed by atoms with Gasteiger partial charge in [-0.05, 0) is 24.5 Å². The molecular weight excluding hydrogens is 274 g/mol. The highest BCUT2D eigenvalue weighted by Crippen LogP contribution is 2.40. The molecule has 17 heavy (non-hydrogen) atoms. The minimum atomic E-state index is 0.240. The Balaban J connectivity index is 2.25. The molecule has 1 N–H and O–H groups in total. The molecule has 1 aromatic rings. The summed E-state index contributed by atoms with van der Waals surface area (Å²) in [6.45, 7) is 5.45. The van der Waals surface area contributed by atoms with Crippen LogP contribution in [0.3, 0.4) is 0 Å². The predicted octanol–water partition coefficient (Wildman–Crippen LogP) is 4.03. The number of rotatable bonds is 4. The zero-order valence-electron chi connectivity index (χ0n) is 10.5. The van der Waals surface area contributed by atoms with Gasteiger partial charge in [-0.15, -0.1) is 0 Å². The fourth-order valence-corrected chi connectivity index (χ4v) is 3.16. The molecule has 0 atom stereocenters. The molecule has 0 unspecified atom stereocenters. The van der Waals surface area contributed by atoms with Crippen molar-refractivity contribution in [3.63, 3.8) is 0 Å². The average Bonchev–Trinajstić information content (AvgIpc) is 2.77. The van der Waals surface area contributed by atoms with Crippen LogP contribution in [0.4, 0.5) is 0 Å². The molecule has 0 radical (unpaired) electrons. The van der Waals surface area contributed by atoms with E-state index in [1.807, 2.05) is 0 Å². The zero-order valence-corrected chi connectivity index (χ0v) is 12.1. The lowest BCUT2D eigenvalue weighted by Gasteiger charge is -2.32. The summed E-state index contributed by atoms with van der Waals surface area (Å²) in [6, 6.07) is 9.15. The average molecular weight is 294 g/mol. The van der Waals surface area contributed by atoms with Crippen LogP contribution in [0.25, 0.3) is 0 Å². The van der Waals surface area contributed by atoms with Gasteiger partial charge in [-0.2, -0.15) is 0 Å². The van der Waals surface area contributed by atoms with Crippen LogP contribution in [0.2, 0.25) is 0 Å². The second-order valence-electron chi connectivity index (χ2n) is 5.18. The van der Waals surface area contributed by atoms with E-state index in [1.165, 1.54) is 10.0 Å². The monoisotopic (exact) mass is 293 g/mol. The second-order valence-corrected chi connectivity index (χ2v) is 6.03. The van der Waals surface area contributed by atoms with Crippen LogP contribution >= 0.6 is 15.9 Å². The highest BCUT2D eigenvalue weighted by atomic mass is 79.9. The van der Waals surface area contributed by atoms with Crippen LogP contribution in [-0.4, -0.2) is 12.6 Å². The molecule has 0 heterocycles. The lowest BCUT2D eigenvalue weighted by atomic mass is 9.78. The molecule has 0 aliphatic heterocycles. The van der Waals surface area contributed by atoms with E-state index in [0.717, 1.165) is 19.4 Å². The molecule has 0 bridgehead atoms. The van der Waals surface area contributed by atoms with Crippen molar-refractivity contribution in [1.29, 1.82) is 0 Å². The fraction of sp³-hybridized carbons (Fsp3) is 0.467. The van der Waals surface area contributed by atoms with Crippen molar-refractivity contribution in [2.45, 2.75) is 38.1 Å². The highest BCUT2D eigenvalue weighted by Gasteiger charge is 2.34. The van der Waals surface area contributed by atoms with Gasteiger partial charge in [0.05, 0.1) is 0 Å². The summed E-state index contributed by atoms with van der Waals surface area (Å²) in [4.78, 5) is 0. The summed E-state index contributed by atoms with van der Waals surface area (Å²) in [6.07, 6.45) is 6.88. The number of nitrogens with one attached hydrogen (secondary N) is 1. The molecule has 1 nitrogen and oxygen atoms in total. The fourth-order valence-electron chi connectivity index (χ4n) is 2.45. The number of halogens is 1. The van der Waals surface area contributed by atoms with Crippen molar-refractivity contribution < 1.29 is 0 Å². The van der Waals surface area contributed by atoms with Gasteiger partial charge in [0.2, 0.25) is 0 Å². The zero-order chi connectivity index (χ0) is 12.3. The summed E-state index contributed by atoms with van der Waals surface area (Å²) < 4.78 is 1.23. The lowest BCUT2D eigenvalue weighted by Crippen LogP contribution is -2.39. The maximum absolute atomic E-state index is 3.69. The first-order valence-corrected chi connectivity index (χ1v) is 7.07. The first-order chi connectivity index (χ1) is 8.14. The van der Waals surface area contributed by atoms with Crippen LogP contribution in [-0.2, 0) is 5.41 Å². The smallest absolute Gasteiger partial charge is 0.0213 e. The molecule has 1 aliphatic carbocycles.